The number of carbonyl (C=O) groups is 1. The van der Waals surface area contributed by atoms with Crippen molar-refractivity contribution in [2.75, 3.05) is 44.2 Å². The van der Waals surface area contributed by atoms with E-state index in [1.54, 1.807) is 6.20 Å². The van der Waals surface area contributed by atoms with Crippen molar-refractivity contribution in [3.05, 3.63) is 60.3 Å². The Bertz CT molecular complexity index is 884. The number of aromatic nitrogens is 2. The third kappa shape index (κ3) is 4.28. The van der Waals surface area contributed by atoms with Gasteiger partial charge in [-0.2, -0.15) is 5.10 Å². The quantitative estimate of drug-likeness (QED) is 0.661. The molecule has 2 heterocycles. The molecule has 1 saturated heterocycles. The van der Waals surface area contributed by atoms with Gasteiger partial charge >= 0.3 is 0 Å². The van der Waals surface area contributed by atoms with E-state index in [0.717, 1.165) is 50.0 Å². The fourth-order valence-electron chi connectivity index (χ4n) is 3.55. The first-order chi connectivity index (χ1) is 13.3. The third-order valence-electron chi connectivity index (χ3n) is 5.13. The molecule has 0 spiro atoms. The maximum Gasteiger partial charge on any atom is 0.251 e. The van der Waals surface area contributed by atoms with E-state index in [0.29, 0.717) is 12.1 Å². The molecular weight excluding hydrogens is 338 g/mol. The fourth-order valence-corrected chi connectivity index (χ4v) is 3.55. The first-order valence-electron chi connectivity index (χ1n) is 9.53. The molecule has 1 aliphatic heterocycles. The lowest BCUT2D eigenvalue weighted by molar-refractivity contribution is 0.0951. The second kappa shape index (κ2) is 8.22. The zero-order valence-electron chi connectivity index (χ0n) is 15.4. The molecule has 6 heteroatoms. The van der Waals surface area contributed by atoms with Crippen LogP contribution in [0.2, 0.25) is 0 Å². The number of amides is 1. The van der Waals surface area contributed by atoms with E-state index in [9.17, 15) is 4.79 Å². The molecule has 0 atom stereocenters. The molecule has 6 nitrogen and oxygen atoms in total. The zero-order valence-corrected chi connectivity index (χ0v) is 15.4. The van der Waals surface area contributed by atoms with Gasteiger partial charge in [0.05, 0.1) is 11.7 Å². The summed E-state index contributed by atoms with van der Waals surface area (Å²) in [5.74, 6) is -0.0274. The number of para-hydroxylation sites is 1. The van der Waals surface area contributed by atoms with Gasteiger partial charge in [-0.1, -0.05) is 24.3 Å². The Morgan fingerprint density at radius 3 is 2.70 bits per heavy atom. The maximum absolute atomic E-state index is 12.3. The molecule has 140 valence electrons. The van der Waals surface area contributed by atoms with Crippen molar-refractivity contribution >= 4 is 22.5 Å². The van der Waals surface area contributed by atoms with Gasteiger partial charge in [-0.05, 0) is 37.2 Å². The molecule has 0 saturated carbocycles. The van der Waals surface area contributed by atoms with Crippen molar-refractivity contribution in [2.24, 2.45) is 0 Å². The lowest BCUT2D eigenvalue weighted by Gasteiger charge is -2.36. The van der Waals surface area contributed by atoms with Crippen molar-refractivity contribution in [1.82, 2.24) is 20.4 Å². The number of H-pyrrole nitrogens is 1. The predicted molar refractivity (Wildman–Crippen MR) is 108 cm³/mol. The van der Waals surface area contributed by atoms with Crippen LogP contribution in [0.25, 0.3) is 10.9 Å². The van der Waals surface area contributed by atoms with E-state index in [2.05, 4.69) is 55.6 Å². The van der Waals surface area contributed by atoms with Crippen molar-refractivity contribution in [3.8, 4) is 0 Å². The van der Waals surface area contributed by atoms with Crippen molar-refractivity contribution in [3.63, 3.8) is 0 Å². The largest absolute Gasteiger partial charge is 0.369 e. The first-order valence-corrected chi connectivity index (χ1v) is 9.53. The van der Waals surface area contributed by atoms with Crippen LogP contribution in [0.4, 0.5) is 5.69 Å². The van der Waals surface area contributed by atoms with Gasteiger partial charge < -0.3 is 10.2 Å². The summed E-state index contributed by atoms with van der Waals surface area (Å²) < 4.78 is 0. The number of piperazine rings is 1. The van der Waals surface area contributed by atoms with Gasteiger partial charge in [0.25, 0.3) is 5.91 Å². The number of nitrogens with zero attached hydrogens (tertiary/aromatic N) is 3. The molecule has 0 unspecified atom stereocenters. The highest BCUT2D eigenvalue weighted by atomic mass is 16.1. The summed E-state index contributed by atoms with van der Waals surface area (Å²) in [5.41, 5.74) is 2.86. The van der Waals surface area contributed by atoms with Crippen LogP contribution in [0.1, 0.15) is 16.8 Å². The topological polar surface area (TPSA) is 64.3 Å². The van der Waals surface area contributed by atoms with E-state index >= 15 is 0 Å². The van der Waals surface area contributed by atoms with Crippen LogP contribution in [0, 0.1) is 0 Å². The van der Waals surface area contributed by atoms with Gasteiger partial charge in [-0.15, -0.1) is 0 Å². The number of aromatic amines is 1. The van der Waals surface area contributed by atoms with Gasteiger partial charge in [0.2, 0.25) is 0 Å². The summed E-state index contributed by atoms with van der Waals surface area (Å²) >= 11 is 0. The Hall–Kier alpha value is -2.86. The Balaban J connectivity index is 1.18. The lowest BCUT2D eigenvalue weighted by Crippen LogP contribution is -2.47. The minimum atomic E-state index is -0.0274. The molecule has 2 N–H and O–H groups in total. The highest BCUT2D eigenvalue weighted by Gasteiger charge is 2.16. The number of benzene rings is 2. The predicted octanol–water partition coefficient (Wildman–Crippen LogP) is 2.50. The summed E-state index contributed by atoms with van der Waals surface area (Å²) in [7, 11) is 0. The Labute approximate surface area is 159 Å². The van der Waals surface area contributed by atoms with Crippen molar-refractivity contribution in [1.29, 1.82) is 0 Å². The fraction of sp³-hybridized carbons (Fsp3) is 0.333. The van der Waals surface area contributed by atoms with E-state index in [4.69, 9.17) is 0 Å². The first kappa shape index (κ1) is 17.5. The molecule has 0 aliphatic carbocycles. The molecule has 3 aromatic rings. The molecule has 1 amide bonds. The average molecular weight is 363 g/mol. The van der Waals surface area contributed by atoms with E-state index in [1.165, 1.54) is 5.69 Å². The van der Waals surface area contributed by atoms with Crippen molar-refractivity contribution in [2.45, 2.75) is 6.42 Å². The molecule has 0 radical (unpaired) electrons. The van der Waals surface area contributed by atoms with Crippen LogP contribution in [0.15, 0.2) is 54.7 Å². The van der Waals surface area contributed by atoms with Crippen LogP contribution < -0.4 is 10.2 Å². The van der Waals surface area contributed by atoms with Crippen LogP contribution in [0.5, 0.6) is 0 Å². The molecule has 4 rings (SSSR count). The standard InChI is InChI=1S/C21H25N5O/c27-21(17-7-8-18-16-23-24-20(18)15-17)22-9-4-10-25-11-13-26(14-12-25)19-5-2-1-3-6-19/h1-3,5-8,15-16H,4,9-14H2,(H,22,27)(H,23,24). The maximum atomic E-state index is 12.3. The van der Waals surface area contributed by atoms with Crippen LogP contribution in [-0.2, 0) is 0 Å². The summed E-state index contributed by atoms with van der Waals surface area (Å²) in [6.45, 7) is 5.96. The van der Waals surface area contributed by atoms with Gasteiger partial charge in [0.1, 0.15) is 0 Å². The minimum absolute atomic E-state index is 0.0274. The smallest absolute Gasteiger partial charge is 0.251 e. The summed E-state index contributed by atoms with van der Waals surface area (Å²) in [5, 5.41) is 10.9. The van der Waals surface area contributed by atoms with Gasteiger partial charge in [-0.3, -0.25) is 14.8 Å². The van der Waals surface area contributed by atoms with Crippen LogP contribution in [0.3, 0.4) is 0 Å². The summed E-state index contributed by atoms with van der Waals surface area (Å²) in [6, 6.07) is 16.2. The van der Waals surface area contributed by atoms with E-state index < -0.39 is 0 Å². The number of hydrogen-bond acceptors (Lipinski definition) is 4. The summed E-state index contributed by atoms with van der Waals surface area (Å²) in [6.07, 6.45) is 2.72. The molecular formula is C21H25N5O. The molecule has 1 aromatic heterocycles. The molecule has 1 aliphatic rings. The van der Waals surface area contributed by atoms with Gasteiger partial charge in [0.15, 0.2) is 0 Å². The number of fused-ring (bicyclic) bond motifs is 1. The number of rotatable bonds is 6. The normalized spacial score (nSPS) is 15.2. The van der Waals surface area contributed by atoms with E-state index in [1.807, 2.05) is 18.2 Å². The third-order valence-corrected chi connectivity index (χ3v) is 5.13. The average Bonchev–Trinajstić information content (AvgIpc) is 3.20. The number of anilines is 1. The van der Waals surface area contributed by atoms with Gasteiger partial charge in [-0.25, -0.2) is 0 Å². The molecule has 0 bridgehead atoms. The Kier molecular flexibility index (Phi) is 5.34. The Morgan fingerprint density at radius 2 is 1.89 bits per heavy atom. The minimum Gasteiger partial charge on any atom is -0.369 e. The summed E-state index contributed by atoms with van der Waals surface area (Å²) in [4.78, 5) is 17.2. The second-order valence-corrected chi connectivity index (χ2v) is 6.95. The molecule has 1 fully saturated rings. The molecule has 27 heavy (non-hydrogen) atoms. The highest BCUT2D eigenvalue weighted by Crippen LogP contribution is 2.15. The van der Waals surface area contributed by atoms with Crippen molar-refractivity contribution < 1.29 is 4.79 Å². The second-order valence-electron chi connectivity index (χ2n) is 6.95. The van der Waals surface area contributed by atoms with E-state index in [-0.39, 0.29) is 5.91 Å². The SMILES string of the molecule is O=C(NCCCN1CCN(c2ccccc2)CC1)c1ccc2cn[nH]c2c1. The number of nitrogens with one attached hydrogen (secondary N) is 2. The monoisotopic (exact) mass is 363 g/mol. The van der Waals surface area contributed by atoms with Crippen LogP contribution >= 0.6 is 0 Å². The van der Waals surface area contributed by atoms with Crippen LogP contribution in [-0.4, -0.2) is 60.3 Å². The Morgan fingerprint density at radius 1 is 1.07 bits per heavy atom. The molecule has 2 aromatic carbocycles. The lowest BCUT2D eigenvalue weighted by atomic mass is 10.1. The number of hydrogen-bond donors (Lipinski definition) is 2. The van der Waals surface area contributed by atoms with Gasteiger partial charge in [0, 0.05) is 49.4 Å². The zero-order chi connectivity index (χ0) is 18.5. The highest BCUT2D eigenvalue weighted by molar-refractivity contribution is 5.97. The number of carbonyl (C=O) groups excluding carboxylic acids is 1.